The summed E-state index contributed by atoms with van der Waals surface area (Å²) in [6.07, 6.45) is 0.270. The number of hydrogen-bond acceptors (Lipinski definition) is 3. The van der Waals surface area contributed by atoms with Crippen LogP contribution in [0.5, 0.6) is 5.75 Å². The first-order chi connectivity index (χ1) is 8.15. The van der Waals surface area contributed by atoms with Crippen molar-refractivity contribution in [2.75, 3.05) is 20.3 Å². The zero-order valence-corrected chi connectivity index (χ0v) is 11.4. The van der Waals surface area contributed by atoms with Gasteiger partial charge in [0.05, 0.1) is 19.8 Å². The summed E-state index contributed by atoms with van der Waals surface area (Å²) in [6, 6.07) is 5.66. The normalized spacial score (nSPS) is 10.9. The summed E-state index contributed by atoms with van der Waals surface area (Å²) >= 11 is 6.12. The Morgan fingerprint density at radius 3 is 2.76 bits per heavy atom. The van der Waals surface area contributed by atoms with Crippen molar-refractivity contribution in [2.24, 2.45) is 0 Å². The molecule has 0 spiro atoms. The Kier molecular flexibility index (Phi) is 6.34. The smallest absolute Gasteiger partial charge is 0.124 e. The molecular formula is C13H20ClNO2. The van der Waals surface area contributed by atoms with E-state index in [9.17, 15) is 0 Å². The van der Waals surface area contributed by atoms with Crippen LogP contribution < -0.4 is 10.1 Å². The highest BCUT2D eigenvalue weighted by molar-refractivity contribution is 6.31. The van der Waals surface area contributed by atoms with E-state index >= 15 is 0 Å². The number of rotatable bonds is 7. The van der Waals surface area contributed by atoms with Gasteiger partial charge < -0.3 is 14.8 Å². The molecule has 0 aromatic heterocycles. The fourth-order valence-corrected chi connectivity index (χ4v) is 1.71. The quantitative estimate of drug-likeness (QED) is 0.762. The van der Waals surface area contributed by atoms with E-state index in [0.29, 0.717) is 13.2 Å². The standard InChI is InChI=1S/C13H20ClNO2/c1-10(2)17-8-7-15-9-11-12(14)5-4-6-13(11)16-3/h4-6,10,15H,7-9H2,1-3H3. The minimum atomic E-state index is 0.270. The average Bonchev–Trinajstić information content (AvgIpc) is 2.30. The third kappa shape index (κ3) is 4.94. The van der Waals surface area contributed by atoms with E-state index in [1.165, 1.54) is 0 Å². The van der Waals surface area contributed by atoms with Crippen molar-refractivity contribution < 1.29 is 9.47 Å². The molecule has 96 valence electrons. The van der Waals surface area contributed by atoms with Crippen molar-refractivity contribution >= 4 is 11.6 Å². The Bertz CT molecular complexity index is 342. The number of halogens is 1. The van der Waals surface area contributed by atoms with Crippen LogP contribution in [-0.2, 0) is 11.3 Å². The van der Waals surface area contributed by atoms with Crippen LogP contribution in [0.2, 0.25) is 5.02 Å². The van der Waals surface area contributed by atoms with Crippen molar-refractivity contribution in [3.05, 3.63) is 28.8 Å². The summed E-state index contributed by atoms with van der Waals surface area (Å²) < 4.78 is 10.7. The Labute approximate surface area is 108 Å². The SMILES string of the molecule is COc1cccc(Cl)c1CNCCOC(C)C. The molecule has 0 atom stereocenters. The molecule has 0 aliphatic rings. The highest BCUT2D eigenvalue weighted by atomic mass is 35.5. The van der Waals surface area contributed by atoms with E-state index in [4.69, 9.17) is 21.1 Å². The zero-order chi connectivity index (χ0) is 12.7. The second-order valence-corrected chi connectivity index (χ2v) is 4.42. The molecule has 1 N–H and O–H groups in total. The van der Waals surface area contributed by atoms with Gasteiger partial charge in [-0.25, -0.2) is 0 Å². The van der Waals surface area contributed by atoms with Crippen LogP contribution in [0.1, 0.15) is 19.4 Å². The highest BCUT2D eigenvalue weighted by Crippen LogP contribution is 2.25. The third-order valence-electron chi connectivity index (χ3n) is 2.33. The van der Waals surface area contributed by atoms with Crippen molar-refractivity contribution in [1.82, 2.24) is 5.32 Å². The van der Waals surface area contributed by atoms with Crippen LogP contribution in [0.15, 0.2) is 18.2 Å². The zero-order valence-electron chi connectivity index (χ0n) is 10.6. The molecule has 0 heterocycles. The first-order valence-electron chi connectivity index (χ1n) is 5.79. The van der Waals surface area contributed by atoms with Crippen LogP contribution in [0.4, 0.5) is 0 Å². The predicted octanol–water partition coefficient (Wildman–Crippen LogP) is 2.86. The topological polar surface area (TPSA) is 30.5 Å². The summed E-state index contributed by atoms with van der Waals surface area (Å²) in [5, 5.41) is 4.01. The maximum absolute atomic E-state index is 6.12. The van der Waals surface area contributed by atoms with Gasteiger partial charge in [-0.05, 0) is 26.0 Å². The van der Waals surface area contributed by atoms with E-state index in [2.05, 4.69) is 5.32 Å². The molecule has 0 saturated heterocycles. The molecule has 0 aliphatic carbocycles. The minimum absolute atomic E-state index is 0.270. The molecule has 0 aliphatic heterocycles. The minimum Gasteiger partial charge on any atom is -0.496 e. The number of benzene rings is 1. The van der Waals surface area contributed by atoms with E-state index in [1.807, 2.05) is 32.0 Å². The largest absolute Gasteiger partial charge is 0.496 e. The highest BCUT2D eigenvalue weighted by Gasteiger charge is 2.06. The van der Waals surface area contributed by atoms with Gasteiger partial charge >= 0.3 is 0 Å². The summed E-state index contributed by atoms with van der Waals surface area (Å²) in [7, 11) is 1.65. The molecule has 0 amide bonds. The van der Waals surface area contributed by atoms with Crippen molar-refractivity contribution in [2.45, 2.75) is 26.5 Å². The number of ether oxygens (including phenoxy) is 2. The van der Waals surface area contributed by atoms with Gasteiger partial charge in [-0.2, -0.15) is 0 Å². The molecule has 1 aromatic rings. The van der Waals surface area contributed by atoms with Crippen LogP contribution in [0.3, 0.4) is 0 Å². The van der Waals surface area contributed by atoms with Gasteiger partial charge in [0.1, 0.15) is 5.75 Å². The Morgan fingerprint density at radius 1 is 1.35 bits per heavy atom. The molecule has 0 radical (unpaired) electrons. The maximum Gasteiger partial charge on any atom is 0.124 e. The van der Waals surface area contributed by atoms with Crippen molar-refractivity contribution in [1.29, 1.82) is 0 Å². The summed E-state index contributed by atoms with van der Waals surface area (Å²) in [6.45, 7) is 6.23. The molecule has 17 heavy (non-hydrogen) atoms. The third-order valence-corrected chi connectivity index (χ3v) is 2.68. The molecule has 1 rings (SSSR count). The van der Waals surface area contributed by atoms with E-state index in [0.717, 1.165) is 22.9 Å². The molecule has 0 bridgehead atoms. The Morgan fingerprint density at radius 2 is 2.12 bits per heavy atom. The lowest BCUT2D eigenvalue weighted by atomic mass is 10.2. The second kappa shape index (κ2) is 7.54. The molecule has 0 fully saturated rings. The van der Waals surface area contributed by atoms with E-state index in [1.54, 1.807) is 7.11 Å². The van der Waals surface area contributed by atoms with Crippen LogP contribution in [0, 0.1) is 0 Å². The van der Waals surface area contributed by atoms with Gasteiger partial charge in [0, 0.05) is 23.7 Å². The van der Waals surface area contributed by atoms with Gasteiger partial charge in [-0.1, -0.05) is 17.7 Å². The van der Waals surface area contributed by atoms with Gasteiger partial charge in [-0.3, -0.25) is 0 Å². The Hall–Kier alpha value is -0.770. The fourth-order valence-electron chi connectivity index (χ4n) is 1.48. The number of hydrogen-bond donors (Lipinski definition) is 1. The van der Waals surface area contributed by atoms with Gasteiger partial charge in [-0.15, -0.1) is 0 Å². The summed E-state index contributed by atoms with van der Waals surface area (Å²) in [4.78, 5) is 0. The van der Waals surface area contributed by atoms with E-state index in [-0.39, 0.29) is 6.10 Å². The van der Waals surface area contributed by atoms with Gasteiger partial charge in [0.15, 0.2) is 0 Å². The van der Waals surface area contributed by atoms with E-state index < -0.39 is 0 Å². The molecule has 4 heteroatoms. The molecular weight excluding hydrogens is 238 g/mol. The molecule has 3 nitrogen and oxygen atoms in total. The molecule has 0 unspecified atom stereocenters. The maximum atomic E-state index is 6.12. The van der Waals surface area contributed by atoms with Crippen LogP contribution in [-0.4, -0.2) is 26.4 Å². The summed E-state index contributed by atoms with van der Waals surface area (Å²) in [5.74, 6) is 0.815. The lowest BCUT2D eigenvalue weighted by Crippen LogP contribution is -2.21. The second-order valence-electron chi connectivity index (χ2n) is 4.02. The number of nitrogens with one attached hydrogen (secondary N) is 1. The number of methoxy groups -OCH3 is 1. The Balaban J connectivity index is 2.40. The molecule has 0 saturated carbocycles. The monoisotopic (exact) mass is 257 g/mol. The first kappa shape index (κ1) is 14.3. The van der Waals surface area contributed by atoms with Crippen molar-refractivity contribution in [3.63, 3.8) is 0 Å². The van der Waals surface area contributed by atoms with Gasteiger partial charge in [0.2, 0.25) is 0 Å². The average molecular weight is 258 g/mol. The van der Waals surface area contributed by atoms with Crippen LogP contribution in [0.25, 0.3) is 0 Å². The predicted molar refractivity (Wildman–Crippen MR) is 70.8 cm³/mol. The fraction of sp³-hybridized carbons (Fsp3) is 0.538. The van der Waals surface area contributed by atoms with Crippen LogP contribution >= 0.6 is 11.6 Å². The first-order valence-corrected chi connectivity index (χ1v) is 6.16. The van der Waals surface area contributed by atoms with Crippen molar-refractivity contribution in [3.8, 4) is 5.75 Å². The lowest BCUT2D eigenvalue weighted by Gasteiger charge is -2.12. The molecule has 1 aromatic carbocycles. The lowest BCUT2D eigenvalue weighted by molar-refractivity contribution is 0.0807. The summed E-state index contributed by atoms with van der Waals surface area (Å²) in [5.41, 5.74) is 0.987. The van der Waals surface area contributed by atoms with Gasteiger partial charge in [0.25, 0.3) is 0 Å².